The molecule has 0 amide bonds. The first-order valence-electron chi connectivity index (χ1n) is 4.64. The van der Waals surface area contributed by atoms with Gasteiger partial charge in [-0.1, -0.05) is 23.2 Å². The monoisotopic (exact) mass is 411 g/mol. The van der Waals surface area contributed by atoms with Gasteiger partial charge in [0, 0.05) is 4.47 Å². The highest BCUT2D eigenvalue weighted by atomic mass is 79.9. The van der Waals surface area contributed by atoms with Crippen molar-refractivity contribution in [3.05, 3.63) is 47.8 Å². The fourth-order valence-electron chi connectivity index (χ4n) is 1.22. The van der Waals surface area contributed by atoms with Gasteiger partial charge >= 0.3 is 0 Å². The molecule has 0 saturated carbocycles. The number of H-pyrrole nitrogens is 1. The van der Waals surface area contributed by atoms with E-state index in [0.717, 1.165) is 0 Å². The number of rotatable bonds is 2. The third kappa shape index (κ3) is 2.71. The first-order valence-corrected chi connectivity index (χ1v) is 6.98. The maximum absolute atomic E-state index is 11.4. The van der Waals surface area contributed by atoms with Gasteiger partial charge in [0.15, 0.2) is 5.82 Å². The van der Waals surface area contributed by atoms with Gasteiger partial charge in [0.25, 0.3) is 5.56 Å². The van der Waals surface area contributed by atoms with Crippen molar-refractivity contribution >= 4 is 66.6 Å². The molecule has 0 saturated heterocycles. The first-order chi connectivity index (χ1) is 8.50. The van der Waals surface area contributed by atoms with E-state index in [1.54, 1.807) is 12.1 Å². The van der Waals surface area contributed by atoms with E-state index >= 15 is 0 Å². The number of hydrogen-bond donors (Lipinski definition) is 2. The van der Waals surface area contributed by atoms with Gasteiger partial charge in [-0.25, -0.2) is 4.98 Å². The van der Waals surface area contributed by atoms with Crippen LogP contribution >= 0.6 is 55.1 Å². The molecule has 18 heavy (non-hydrogen) atoms. The van der Waals surface area contributed by atoms with Crippen molar-refractivity contribution in [3.8, 4) is 0 Å². The van der Waals surface area contributed by atoms with Crippen LogP contribution in [0.1, 0.15) is 0 Å². The maximum Gasteiger partial charge on any atom is 0.267 e. The van der Waals surface area contributed by atoms with Crippen molar-refractivity contribution in [2.75, 3.05) is 5.32 Å². The summed E-state index contributed by atoms with van der Waals surface area (Å²) >= 11 is 18.5. The average molecular weight is 414 g/mol. The summed E-state index contributed by atoms with van der Waals surface area (Å²) in [6, 6.07) is 3.48. The highest BCUT2D eigenvalue weighted by molar-refractivity contribution is 9.11. The molecule has 0 spiro atoms. The molecule has 1 aromatic carbocycles. The topological polar surface area (TPSA) is 57.8 Å². The summed E-state index contributed by atoms with van der Waals surface area (Å²) in [6.07, 6.45) is 1.30. The van der Waals surface area contributed by atoms with Crippen molar-refractivity contribution < 1.29 is 0 Å². The van der Waals surface area contributed by atoms with Crippen molar-refractivity contribution in [2.24, 2.45) is 0 Å². The average Bonchev–Trinajstić information content (AvgIpc) is 2.35. The lowest BCUT2D eigenvalue weighted by atomic mass is 10.3. The van der Waals surface area contributed by atoms with Crippen LogP contribution in [0.15, 0.2) is 32.2 Å². The standard InChI is InChI=1S/C10H5Br2Cl2N3O/c11-4-1-2-5(8(14)7(4)13)17-9-6(12)10(18)16-3-15-9/h1-3H,(H2,15,16,17,18). The molecule has 0 aliphatic carbocycles. The third-order valence-corrected chi connectivity index (χ3v) is 4.59. The first kappa shape index (κ1) is 13.9. The SMILES string of the molecule is O=c1[nH]cnc(Nc2ccc(Br)c(Cl)c2Cl)c1Br. The van der Waals surface area contributed by atoms with Gasteiger partial charge in [0.05, 0.1) is 22.1 Å². The van der Waals surface area contributed by atoms with Gasteiger partial charge in [0.1, 0.15) is 4.47 Å². The summed E-state index contributed by atoms with van der Waals surface area (Å²) in [7, 11) is 0. The highest BCUT2D eigenvalue weighted by Crippen LogP contribution is 2.37. The van der Waals surface area contributed by atoms with Gasteiger partial charge in [-0.2, -0.15) is 0 Å². The zero-order valence-electron chi connectivity index (χ0n) is 8.60. The maximum atomic E-state index is 11.4. The van der Waals surface area contributed by atoms with Crippen molar-refractivity contribution in [1.29, 1.82) is 0 Å². The van der Waals surface area contributed by atoms with E-state index < -0.39 is 0 Å². The van der Waals surface area contributed by atoms with Gasteiger partial charge in [-0.3, -0.25) is 4.79 Å². The smallest absolute Gasteiger partial charge is 0.267 e. The number of nitrogens with zero attached hydrogens (tertiary/aromatic N) is 1. The number of aromatic amines is 1. The molecule has 0 radical (unpaired) electrons. The number of hydrogen-bond acceptors (Lipinski definition) is 3. The zero-order valence-corrected chi connectivity index (χ0v) is 13.3. The Morgan fingerprint density at radius 2 is 1.94 bits per heavy atom. The zero-order chi connectivity index (χ0) is 13.3. The second-order valence-electron chi connectivity index (χ2n) is 3.24. The third-order valence-electron chi connectivity index (χ3n) is 2.08. The lowest BCUT2D eigenvalue weighted by Gasteiger charge is -2.10. The molecule has 0 fully saturated rings. The highest BCUT2D eigenvalue weighted by Gasteiger charge is 2.11. The Balaban J connectivity index is 2.44. The Morgan fingerprint density at radius 1 is 1.22 bits per heavy atom. The Hall–Kier alpha value is -0.560. The van der Waals surface area contributed by atoms with Crippen LogP contribution in [0.25, 0.3) is 0 Å². The molecule has 4 nitrogen and oxygen atoms in total. The predicted molar refractivity (Wildman–Crippen MR) is 80.0 cm³/mol. The molecule has 0 aliphatic heterocycles. The quantitative estimate of drug-likeness (QED) is 0.720. The van der Waals surface area contributed by atoms with Crippen molar-refractivity contribution in [2.45, 2.75) is 0 Å². The molecular weight excluding hydrogens is 409 g/mol. The Bertz CT molecular complexity index is 660. The van der Waals surface area contributed by atoms with Crippen LogP contribution in [-0.4, -0.2) is 9.97 Å². The summed E-state index contributed by atoms with van der Waals surface area (Å²) in [4.78, 5) is 17.8. The van der Waals surface area contributed by atoms with E-state index in [2.05, 4.69) is 47.1 Å². The lowest BCUT2D eigenvalue weighted by molar-refractivity contribution is 1.10. The number of nitrogens with one attached hydrogen (secondary N) is 2. The molecule has 8 heteroatoms. The van der Waals surface area contributed by atoms with E-state index in [0.29, 0.717) is 30.5 Å². The number of halogens is 4. The van der Waals surface area contributed by atoms with Crippen LogP contribution in [0.3, 0.4) is 0 Å². The van der Waals surface area contributed by atoms with Gasteiger partial charge in [-0.15, -0.1) is 0 Å². The van der Waals surface area contributed by atoms with Gasteiger partial charge < -0.3 is 10.3 Å². The number of anilines is 2. The molecule has 1 heterocycles. The van der Waals surface area contributed by atoms with E-state index in [4.69, 9.17) is 23.2 Å². The van der Waals surface area contributed by atoms with Crippen LogP contribution in [0, 0.1) is 0 Å². The largest absolute Gasteiger partial charge is 0.338 e. The predicted octanol–water partition coefficient (Wildman–Crippen LogP) is 4.35. The molecule has 94 valence electrons. The normalized spacial score (nSPS) is 10.4. The molecule has 0 bridgehead atoms. The molecule has 2 aromatic rings. The molecule has 2 N–H and O–H groups in total. The van der Waals surface area contributed by atoms with Crippen LogP contribution in [0.5, 0.6) is 0 Å². The molecule has 0 unspecified atom stereocenters. The van der Waals surface area contributed by atoms with Crippen LogP contribution in [0.2, 0.25) is 10.0 Å². The number of benzene rings is 1. The minimum Gasteiger partial charge on any atom is -0.338 e. The fraction of sp³-hybridized carbons (Fsp3) is 0. The van der Waals surface area contributed by atoms with Crippen LogP contribution in [-0.2, 0) is 0 Å². The second-order valence-corrected chi connectivity index (χ2v) is 5.65. The van der Waals surface area contributed by atoms with Crippen LogP contribution in [0.4, 0.5) is 11.5 Å². The fourth-order valence-corrected chi connectivity index (χ4v) is 2.36. The summed E-state index contributed by atoms with van der Waals surface area (Å²) in [5, 5.41) is 3.67. The van der Waals surface area contributed by atoms with E-state index in [1.807, 2.05) is 0 Å². The van der Waals surface area contributed by atoms with E-state index in [-0.39, 0.29) is 5.56 Å². The number of aromatic nitrogens is 2. The molecule has 0 atom stereocenters. The molecular formula is C10H5Br2Cl2N3O. The summed E-state index contributed by atoms with van der Waals surface area (Å²) in [5.74, 6) is 0.360. The Labute approximate surface area is 129 Å². The summed E-state index contributed by atoms with van der Waals surface area (Å²) in [5.41, 5.74) is 0.274. The van der Waals surface area contributed by atoms with Gasteiger partial charge in [0.2, 0.25) is 0 Å². The van der Waals surface area contributed by atoms with Crippen molar-refractivity contribution in [1.82, 2.24) is 9.97 Å². The second kappa shape index (κ2) is 5.61. The lowest BCUT2D eigenvalue weighted by Crippen LogP contribution is -2.10. The van der Waals surface area contributed by atoms with Crippen molar-refractivity contribution in [3.63, 3.8) is 0 Å². The van der Waals surface area contributed by atoms with Crippen LogP contribution < -0.4 is 10.9 Å². The summed E-state index contributed by atoms with van der Waals surface area (Å²) in [6.45, 7) is 0. The minimum absolute atomic E-state index is 0.285. The Morgan fingerprint density at radius 3 is 2.67 bits per heavy atom. The molecule has 2 rings (SSSR count). The van der Waals surface area contributed by atoms with E-state index in [1.165, 1.54) is 6.33 Å². The summed E-state index contributed by atoms with van der Waals surface area (Å²) < 4.78 is 0.984. The Kier molecular flexibility index (Phi) is 4.32. The molecule has 0 aliphatic rings. The molecule has 1 aromatic heterocycles. The minimum atomic E-state index is -0.285. The van der Waals surface area contributed by atoms with Gasteiger partial charge in [-0.05, 0) is 44.0 Å². The van der Waals surface area contributed by atoms with E-state index in [9.17, 15) is 4.79 Å².